The molecule has 0 radical (unpaired) electrons. The second-order valence-electron chi connectivity index (χ2n) is 7.15. The number of benzene rings is 1. The van der Waals surface area contributed by atoms with Crippen molar-refractivity contribution < 1.29 is 4.79 Å². The van der Waals surface area contributed by atoms with Crippen molar-refractivity contribution in [1.29, 1.82) is 0 Å². The summed E-state index contributed by atoms with van der Waals surface area (Å²) >= 11 is 0. The topological polar surface area (TPSA) is 54.4 Å². The van der Waals surface area contributed by atoms with Gasteiger partial charge in [-0.25, -0.2) is 0 Å². The van der Waals surface area contributed by atoms with Crippen LogP contribution in [0.15, 0.2) is 47.7 Å². The molecule has 0 fully saturated rings. The van der Waals surface area contributed by atoms with Gasteiger partial charge in [0, 0.05) is 36.5 Å². The monoisotopic (exact) mass is 319 g/mol. The van der Waals surface area contributed by atoms with Gasteiger partial charge in [-0.3, -0.25) is 14.8 Å². The Labute approximate surface area is 142 Å². The first-order chi connectivity index (χ1) is 11.4. The average molecular weight is 319 g/mol. The summed E-state index contributed by atoms with van der Waals surface area (Å²) in [4.78, 5) is 21.5. The molecule has 24 heavy (non-hydrogen) atoms. The van der Waals surface area contributed by atoms with Crippen LogP contribution in [0.25, 0.3) is 0 Å². The molecule has 0 saturated heterocycles. The van der Waals surface area contributed by atoms with E-state index in [2.05, 4.69) is 49.3 Å². The van der Waals surface area contributed by atoms with Gasteiger partial charge in [0.2, 0.25) is 5.91 Å². The van der Waals surface area contributed by atoms with Gasteiger partial charge < -0.3 is 5.32 Å². The summed E-state index contributed by atoms with van der Waals surface area (Å²) in [5.74, 6) is -0.0395. The van der Waals surface area contributed by atoms with Gasteiger partial charge >= 0.3 is 0 Å². The first-order valence-corrected chi connectivity index (χ1v) is 8.27. The first-order valence-electron chi connectivity index (χ1n) is 8.27. The smallest absolute Gasteiger partial charge is 0.217 e. The number of amides is 1. The fourth-order valence-electron chi connectivity index (χ4n) is 4.72. The van der Waals surface area contributed by atoms with E-state index in [0.29, 0.717) is 0 Å². The van der Waals surface area contributed by atoms with Crippen LogP contribution in [0.4, 0.5) is 0 Å². The molecular weight excluding hydrogens is 298 g/mol. The summed E-state index contributed by atoms with van der Waals surface area (Å²) in [7, 11) is 0. The standard InChI is InChI=1S/C20H21N3O/c1-12-18-14-9-10-21-11-17(14)19(3,22-12)15-7-5-6-8-16(15)20(18,4)23-13(2)24/h5-11,18H,1-4H3,(H,23,24)/t18?,19-,20-/m0/s1. The van der Waals surface area contributed by atoms with Crippen molar-refractivity contribution in [3.05, 3.63) is 65.0 Å². The van der Waals surface area contributed by atoms with Crippen molar-refractivity contribution in [2.24, 2.45) is 4.99 Å². The normalized spacial score (nSPS) is 30.0. The molecule has 1 amide bonds. The van der Waals surface area contributed by atoms with Crippen molar-refractivity contribution in [2.45, 2.75) is 44.7 Å². The molecule has 2 aromatic rings. The molecule has 1 aromatic heterocycles. The Kier molecular flexibility index (Phi) is 2.99. The van der Waals surface area contributed by atoms with Crippen LogP contribution in [0.3, 0.4) is 0 Å². The first kappa shape index (κ1) is 15.1. The number of aromatic nitrogens is 1. The summed E-state index contributed by atoms with van der Waals surface area (Å²) < 4.78 is 0. The number of hydrogen-bond donors (Lipinski definition) is 1. The average Bonchev–Trinajstić information content (AvgIpc) is 2.64. The van der Waals surface area contributed by atoms with E-state index in [0.717, 1.165) is 22.4 Å². The number of pyridine rings is 1. The van der Waals surface area contributed by atoms with Gasteiger partial charge in [0.15, 0.2) is 0 Å². The van der Waals surface area contributed by atoms with Gasteiger partial charge in [0.05, 0.1) is 5.54 Å². The lowest BCUT2D eigenvalue weighted by Gasteiger charge is -2.39. The van der Waals surface area contributed by atoms with Crippen LogP contribution in [-0.2, 0) is 15.9 Å². The number of hydrogen-bond acceptors (Lipinski definition) is 3. The van der Waals surface area contributed by atoms with Gasteiger partial charge in [-0.15, -0.1) is 0 Å². The number of rotatable bonds is 1. The maximum absolute atomic E-state index is 12.0. The molecule has 4 heteroatoms. The van der Waals surface area contributed by atoms with Gasteiger partial charge in [0.1, 0.15) is 5.54 Å². The van der Waals surface area contributed by atoms with Crippen LogP contribution in [0, 0.1) is 0 Å². The van der Waals surface area contributed by atoms with Crippen LogP contribution in [0.1, 0.15) is 55.9 Å². The predicted molar refractivity (Wildman–Crippen MR) is 94.2 cm³/mol. The summed E-state index contributed by atoms with van der Waals surface area (Å²) in [6.45, 7) is 7.90. The fourth-order valence-corrected chi connectivity index (χ4v) is 4.72. The summed E-state index contributed by atoms with van der Waals surface area (Å²) in [6.07, 6.45) is 3.75. The Hall–Kier alpha value is -2.49. The van der Waals surface area contributed by atoms with E-state index in [-0.39, 0.29) is 11.8 Å². The van der Waals surface area contributed by atoms with E-state index in [4.69, 9.17) is 4.99 Å². The molecular formula is C20H21N3O. The Morgan fingerprint density at radius 2 is 1.83 bits per heavy atom. The minimum Gasteiger partial charge on any atom is -0.346 e. The van der Waals surface area contributed by atoms with Crippen LogP contribution < -0.4 is 5.32 Å². The number of aliphatic imine (C=N–C) groups is 1. The third-order valence-electron chi connectivity index (χ3n) is 5.53. The SMILES string of the molecule is CC(=O)N[C@@]1(C)c2ccccc2[C@]2(C)N=C(C)C1c1ccncc12. The molecule has 2 bridgehead atoms. The summed E-state index contributed by atoms with van der Waals surface area (Å²) in [6, 6.07) is 10.4. The molecule has 1 N–H and O–H groups in total. The highest BCUT2D eigenvalue weighted by Gasteiger charge is 2.52. The van der Waals surface area contributed by atoms with E-state index in [1.54, 1.807) is 6.92 Å². The molecule has 2 aliphatic heterocycles. The molecule has 0 spiro atoms. The molecule has 3 aliphatic rings. The number of nitrogens with one attached hydrogen (secondary N) is 1. The molecule has 3 atom stereocenters. The largest absolute Gasteiger partial charge is 0.346 e. The number of nitrogens with zero attached hydrogens (tertiary/aromatic N) is 2. The van der Waals surface area contributed by atoms with Gasteiger partial charge in [-0.2, -0.15) is 0 Å². The van der Waals surface area contributed by atoms with Crippen molar-refractivity contribution in [3.8, 4) is 0 Å². The van der Waals surface area contributed by atoms with Crippen molar-refractivity contribution in [2.75, 3.05) is 0 Å². The minimum atomic E-state index is -0.541. The van der Waals surface area contributed by atoms with Crippen molar-refractivity contribution in [3.63, 3.8) is 0 Å². The highest BCUT2D eigenvalue weighted by molar-refractivity contribution is 5.95. The zero-order valence-corrected chi connectivity index (χ0v) is 14.4. The van der Waals surface area contributed by atoms with Crippen molar-refractivity contribution >= 4 is 11.6 Å². The number of carbonyl (C=O) groups is 1. The van der Waals surface area contributed by atoms with E-state index in [1.165, 1.54) is 5.56 Å². The zero-order valence-electron chi connectivity index (χ0n) is 14.4. The van der Waals surface area contributed by atoms with E-state index >= 15 is 0 Å². The molecule has 1 aliphatic carbocycles. The quantitative estimate of drug-likeness (QED) is 0.877. The van der Waals surface area contributed by atoms with Crippen LogP contribution in [0.5, 0.6) is 0 Å². The maximum Gasteiger partial charge on any atom is 0.217 e. The predicted octanol–water partition coefficient (Wildman–Crippen LogP) is 3.27. The fraction of sp³-hybridized carbons (Fsp3) is 0.350. The second-order valence-corrected chi connectivity index (χ2v) is 7.15. The molecule has 1 aromatic carbocycles. The Balaban J connectivity index is 2.15. The van der Waals surface area contributed by atoms with Gasteiger partial charge in [-0.1, -0.05) is 24.3 Å². The van der Waals surface area contributed by atoms with E-state index in [1.807, 2.05) is 24.5 Å². The molecule has 4 nitrogen and oxygen atoms in total. The second kappa shape index (κ2) is 4.76. The Bertz CT molecular complexity index is 888. The number of carbonyl (C=O) groups excluding carboxylic acids is 1. The molecule has 5 rings (SSSR count). The highest BCUT2D eigenvalue weighted by atomic mass is 16.1. The zero-order chi connectivity index (χ0) is 17.1. The van der Waals surface area contributed by atoms with Gasteiger partial charge in [-0.05, 0) is 43.5 Å². The summed E-state index contributed by atoms with van der Waals surface area (Å²) in [5, 5.41) is 3.23. The molecule has 1 unspecified atom stereocenters. The molecule has 122 valence electrons. The van der Waals surface area contributed by atoms with Crippen LogP contribution in [-0.4, -0.2) is 16.6 Å². The summed E-state index contributed by atoms with van der Waals surface area (Å²) in [5.41, 5.74) is 4.62. The lowest BCUT2D eigenvalue weighted by Crippen LogP contribution is -2.49. The van der Waals surface area contributed by atoms with E-state index < -0.39 is 11.1 Å². The van der Waals surface area contributed by atoms with Crippen molar-refractivity contribution in [1.82, 2.24) is 10.3 Å². The highest BCUT2D eigenvalue weighted by Crippen LogP contribution is 2.54. The Morgan fingerprint density at radius 3 is 2.54 bits per heavy atom. The van der Waals surface area contributed by atoms with Crippen LogP contribution in [0.2, 0.25) is 0 Å². The maximum atomic E-state index is 12.0. The van der Waals surface area contributed by atoms with Gasteiger partial charge in [0.25, 0.3) is 0 Å². The van der Waals surface area contributed by atoms with Crippen LogP contribution >= 0.6 is 0 Å². The minimum absolute atomic E-state index is 0.00359. The molecule has 0 saturated carbocycles. The lowest BCUT2D eigenvalue weighted by atomic mass is 9.73. The lowest BCUT2D eigenvalue weighted by molar-refractivity contribution is -0.120. The van der Waals surface area contributed by atoms with E-state index in [9.17, 15) is 4.79 Å². The third-order valence-corrected chi connectivity index (χ3v) is 5.53. The third kappa shape index (κ3) is 1.77. The molecule has 3 heterocycles. The Morgan fingerprint density at radius 1 is 1.12 bits per heavy atom.